The maximum Gasteiger partial charge on any atom is 0.247 e. The molecule has 0 radical (unpaired) electrons. The van der Waals surface area contributed by atoms with Crippen LogP contribution in [0, 0.1) is 12.7 Å². The van der Waals surface area contributed by atoms with E-state index in [4.69, 9.17) is 4.42 Å². The molecule has 1 aromatic heterocycles. The molecule has 1 aromatic carbocycles. The van der Waals surface area contributed by atoms with Crippen molar-refractivity contribution < 1.29 is 8.81 Å². The molecule has 5 heteroatoms. The fourth-order valence-electron chi connectivity index (χ4n) is 1.04. The molecule has 0 fully saturated rings. The third kappa shape index (κ3) is 1.68. The van der Waals surface area contributed by atoms with Crippen LogP contribution in [0.2, 0.25) is 0 Å². The van der Waals surface area contributed by atoms with E-state index in [1.54, 1.807) is 19.1 Å². The van der Waals surface area contributed by atoms with Crippen molar-refractivity contribution in [1.29, 1.82) is 0 Å². The van der Waals surface area contributed by atoms with Gasteiger partial charge in [0.2, 0.25) is 11.8 Å². The van der Waals surface area contributed by atoms with E-state index in [1.807, 2.05) is 0 Å². The van der Waals surface area contributed by atoms with Crippen LogP contribution in [-0.2, 0) is 0 Å². The standard InChI is InChI=1S/C9H6BrFN2O/c1-5-12-13-9(14-5)6-2-3-7(10)8(11)4-6/h2-4H,1H3. The third-order valence-electron chi connectivity index (χ3n) is 1.69. The lowest BCUT2D eigenvalue weighted by Crippen LogP contribution is -1.81. The Morgan fingerprint density at radius 1 is 1.36 bits per heavy atom. The number of benzene rings is 1. The molecular weight excluding hydrogens is 251 g/mol. The van der Waals surface area contributed by atoms with Crippen LogP contribution in [0.5, 0.6) is 0 Å². The van der Waals surface area contributed by atoms with Gasteiger partial charge >= 0.3 is 0 Å². The highest BCUT2D eigenvalue weighted by Crippen LogP contribution is 2.23. The van der Waals surface area contributed by atoms with E-state index in [0.29, 0.717) is 21.8 Å². The highest BCUT2D eigenvalue weighted by Gasteiger charge is 2.08. The predicted octanol–water partition coefficient (Wildman–Crippen LogP) is 2.95. The number of hydrogen-bond donors (Lipinski definition) is 0. The second kappa shape index (κ2) is 3.49. The minimum Gasteiger partial charge on any atom is -0.421 e. The first-order valence-corrected chi connectivity index (χ1v) is 4.71. The van der Waals surface area contributed by atoms with Crippen LogP contribution in [0.4, 0.5) is 4.39 Å². The molecule has 72 valence electrons. The zero-order chi connectivity index (χ0) is 10.1. The molecule has 0 spiro atoms. The van der Waals surface area contributed by atoms with Crippen LogP contribution in [0.15, 0.2) is 27.1 Å². The summed E-state index contributed by atoms with van der Waals surface area (Å²) in [6, 6.07) is 4.65. The molecule has 2 aromatic rings. The Morgan fingerprint density at radius 3 is 2.71 bits per heavy atom. The van der Waals surface area contributed by atoms with Gasteiger partial charge in [-0.2, -0.15) is 0 Å². The maximum absolute atomic E-state index is 13.1. The largest absolute Gasteiger partial charge is 0.421 e. The fraction of sp³-hybridized carbons (Fsp3) is 0.111. The average molecular weight is 257 g/mol. The van der Waals surface area contributed by atoms with Crippen molar-refractivity contribution in [2.45, 2.75) is 6.92 Å². The first-order valence-electron chi connectivity index (χ1n) is 3.92. The predicted molar refractivity (Wildman–Crippen MR) is 52.1 cm³/mol. The summed E-state index contributed by atoms with van der Waals surface area (Å²) in [7, 11) is 0. The van der Waals surface area contributed by atoms with Crippen LogP contribution < -0.4 is 0 Å². The van der Waals surface area contributed by atoms with E-state index in [-0.39, 0.29) is 5.82 Å². The Labute approximate surface area is 88.1 Å². The number of aromatic nitrogens is 2. The van der Waals surface area contributed by atoms with Gasteiger partial charge in [-0.1, -0.05) is 0 Å². The molecule has 0 unspecified atom stereocenters. The van der Waals surface area contributed by atoms with Gasteiger partial charge in [-0.25, -0.2) is 4.39 Å². The first kappa shape index (κ1) is 9.33. The van der Waals surface area contributed by atoms with Crippen LogP contribution in [0.25, 0.3) is 11.5 Å². The fourth-order valence-corrected chi connectivity index (χ4v) is 1.29. The lowest BCUT2D eigenvalue weighted by atomic mass is 10.2. The van der Waals surface area contributed by atoms with Crippen molar-refractivity contribution in [2.24, 2.45) is 0 Å². The van der Waals surface area contributed by atoms with Crippen LogP contribution in [0.3, 0.4) is 0 Å². The number of aryl methyl sites for hydroxylation is 1. The molecule has 0 saturated heterocycles. The van der Waals surface area contributed by atoms with Gasteiger partial charge in [-0.15, -0.1) is 10.2 Å². The molecule has 1 heterocycles. The molecule has 0 N–H and O–H groups in total. The Bertz CT molecular complexity index is 470. The lowest BCUT2D eigenvalue weighted by Gasteiger charge is -1.96. The van der Waals surface area contributed by atoms with E-state index in [2.05, 4.69) is 26.1 Å². The van der Waals surface area contributed by atoms with Gasteiger partial charge in [0.1, 0.15) is 5.82 Å². The van der Waals surface area contributed by atoms with Gasteiger partial charge in [0, 0.05) is 12.5 Å². The van der Waals surface area contributed by atoms with Gasteiger partial charge in [-0.05, 0) is 34.1 Å². The summed E-state index contributed by atoms with van der Waals surface area (Å²) in [5.74, 6) is 0.440. The lowest BCUT2D eigenvalue weighted by molar-refractivity contribution is 0.531. The summed E-state index contributed by atoms with van der Waals surface area (Å²) < 4.78 is 18.7. The van der Waals surface area contributed by atoms with Gasteiger partial charge in [0.05, 0.1) is 4.47 Å². The van der Waals surface area contributed by atoms with Gasteiger partial charge in [-0.3, -0.25) is 0 Å². The Hall–Kier alpha value is -1.23. The molecule has 0 aliphatic heterocycles. The minimum atomic E-state index is -0.349. The minimum absolute atomic E-state index is 0.328. The summed E-state index contributed by atoms with van der Waals surface area (Å²) in [4.78, 5) is 0. The molecule has 0 amide bonds. The monoisotopic (exact) mass is 256 g/mol. The van der Waals surface area contributed by atoms with Crippen LogP contribution in [0.1, 0.15) is 5.89 Å². The Kier molecular flexibility index (Phi) is 2.33. The Morgan fingerprint density at radius 2 is 2.14 bits per heavy atom. The van der Waals surface area contributed by atoms with Gasteiger partial charge < -0.3 is 4.42 Å². The highest BCUT2D eigenvalue weighted by molar-refractivity contribution is 9.10. The maximum atomic E-state index is 13.1. The average Bonchev–Trinajstić information content (AvgIpc) is 2.57. The smallest absolute Gasteiger partial charge is 0.247 e. The van der Waals surface area contributed by atoms with E-state index in [1.165, 1.54) is 6.07 Å². The molecular formula is C9H6BrFN2O. The van der Waals surface area contributed by atoms with Crippen molar-refractivity contribution >= 4 is 15.9 Å². The van der Waals surface area contributed by atoms with E-state index < -0.39 is 0 Å². The highest BCUT2D eigenvalue weighted by atomic mass is 79.9. The zero-order valence-electron chi connectivity index (χ0n) is 7.29. The topological polar surface area (TPSA) is 38.9 Å². The van der Waals surface area contributed by atoms with Crippen molar-refractivity contribution in [3.8, 4) is 11.5 Å². The van der Waals surface area contributed by atoms with Crippen molar-refractivity contribution in [3.05, 3.63) is 34.4 Å². The van der Waals surface area contributed by atoms with Crippen molar-refractivity contribution in [3.63, 3.8) is 0 Å². The number of hydrogen-bond acceptors (Lipinski definition) is 3. The normalized spacial score (nSPS) is 10.5. The number of halogens is 2. The van der Waals surface area contributed by atoms with Gasteiger partial charge in [0.15, 0.2) is 0 Å². The van der Waals surface area contributed by atoms with Crippen molar-refractivity contribution in [2.75, 3.05) is 0 Å². The summed E-state index contributed by atoms with van der Waals surface area (Å²) in [5, 5.41) is 7.45. The second-order valence-corrected chi connectivity index (χ2v) is 3.61. The number of rotatable bonds is 1. The SMILES string of the molecule is Cc1nnc(-c2ccc(Br)c(F)c2)o1. The molecule has 3 nitrogen and oxygen atoms in total. The molecule has 0 aliphatic rings. The molecule has 14 heavy (non-hydrogen) atoms. The van der Waals surface area contributed by atoms with E-state index in [0.717, 1.165) is 0 Å². The second-order valence-electron chi connectivity index (χ2n) is 2.76. The molecule has 0 bridgehead atoms. The quantitative estimate of drug-likeness (QED) is 0.788. The Balaban J connectivity index is 2.47. The van der Waals surface area contributed by atoms with E-state index >= 15 is 0 Å². The van der Waals surface area contributed by atoms with Gasteiger partial charge in [0.25, 0.3) is 0 Å². The first-order chi connectivity index (χ1) is 6.66. The van der Waals surface area contributed by atoms with Crippen LogP contribution >= 0.6 is 15.9 Å². The van der Waals surface area contributed by atoms with Crippen molar-refractivity contribution in [1.82, 2.24) is 10.2 Å². The summed E-state index contributed by atoms with van der Waals surface area (Å²) in [5.41, 5.74) is 0.575. The summed E-state index contributed by atoms with van der Waals surface area (Å²) in [6.45, 7) is 1.69. The molecule has 0 aliphatic carbocycles. The molecule has 2 rings (SSSR count). The van der Waals surface area contributed by atoms with E-state index in [9.17, 15) is 4.39 Å². The zero-order valence-corrected chi connectivity index (χ0v) is 8.88. The third-order valence-corrected chi connectivity index (χ3v) is 2.34. The van der Waals surface area contributed by atoms with Crippen LogP contribution in [-0.4, -0.2) is 10.2 Å². The number of nitrogens with zero attached hydrogens (tertiary/aromatic N) is 2. The molecule has 0 atom stereocenters. The molecule has 0 saturated carbocycles. The summed E-state index contributed by atoms with van der Waals surface area (Å²) in [6.07, 6.45) is 0. The summed E-state index contributed by atoms with van der Waals surface area (Å²) >= 11 is 3.07.